The predicted molar refractivity (Wildman–Crippen MR) is 130 cm³/mol. The van der Waals surface area contributed by atoms with Crippen LogP contribution in [-0.4, -0.2) is 49.5 Å². The fourth-order valence-electron chi connectivity index (χ4n) is 4.52. The summed E-state index contributed by atoms with van der Waals surface area (Å²) in [6, 6.07) is 18.2. The topological polar surface area (TPSA) is 97.6 Å². The van der Waals surface area contributed by atoms with Gasteiger partial charge in [-0.05, 0) is 30.5 Å². The number of ether oxygens (including phenoxy) is 1. The Balaban J connectivity index is 1.46. The Labute approximate surface area is 205 Å². The van der Waals surface area contributed by atoms with Crippen molar-refractivity contribution < 1.29 is 19.4 Å². The van der Waals surface area contributed by atoms with Crippen LogP contribution in [0.2, 0.25) is 0 Å². The number of hydrogen-bond donors (Lipinski definition) is 1. The molecule has 3 aromatic rings. The number of benzene rings is 2. The first-order chi connectivity index (χ1) is 17.1. The van der Waals surface area contributed by atoms with Gasteiger partial charge in [0.2, 0.25) is 5.91 Å². The highest BCUT2D eigenvalue weighted by molar-refractivity contribution is 5.89. The van der Waals surface area contributed by atoms with Crippen molar-refractivity contribution in [2.24, 2.45) is 0 Å². The molecule has 0 radical (unpaired) electrons. The van der Waals surface area contributed by atoms with E-state index in [0.29, 0.717) is 24.1 Å². The summed E-state index contributed by atoms with van der Waals surface area (Å²) in [6.07, 6.45) is 4.82. The zero-order valence-electron chi connectivity index (χ0n) is 20.0. The number of aromatic nitrogens is 3. The quantitative estimate of drug-likeness (QED) is 0.369. The Morgan fingerprint density at radius 2 is 1.77 bits per heavy atom. The molecule has 0 unspecified atom stereocenters. The van der Waals surface area contributed by atoms with Gasteiger partial charge in [-0.3, -0.25) is 4.79 Å². The van der Waals surface area contributed by atoms with E-state index in [1.807, 2.05) is 41.3 Å². The zero-order valence-corrected chi connectivity index (χ0v) is 20.0. The number of rotatable bonds is 9. The molecule has 1 aliphatic heterocycles. The molecule has 184 valence electrons. The van der Waals surface area contributed by atoms with Gasteiger partial charge < -0.3 is 14.7 Å². The Morgan fingerprint density at radius 3 is 2.49 bits per heavy atom. The molecule has 2 aromatic carbocycles. The zero-order chi connectivity index (χ0) is 24.6. The van der Waals surface area contributed by atoms with E-state index >= 15 is 0 Å². The minimum atomic E-state index is -0.786. The van der Waals surface area contributed by atoms with E-state index in [4.69, 9.17) is 4.74 Å². The Bertz CT molecular complexity index is 1100. The highest BCUT2D eigenvalue weighted by Crippen LogP contribution is 2.37. The van der Waals surface area contributed by atoms with E-state index in [2.05, 4.69) is 17.2 Å². The maximum Gasteiger partial charge on any atom is 0.338 e. The van der Waals surface area contributed by atoms with E-state index in [-0.39, 0.29) is 31.1 Å². The maximum absolute atomic E-state index is 13.0. The number of nitrogens with zero attached hydrogens (tertiary/aromatic N) is 4. The van der Waals surface area contributed by atoms with Gasteiger partial charge in [0.1, 0.15) is 12.3 Å². The number of β-amino-alcohol motifs (C(OH)–C–C–N with tert-alkyl or cyclic N) is 1. The van der Waals surface area contributed by atoms with Crippen LogP contribution in [0.5, 0.6) is 0 Å². The van der Waals surface area contributed by atoms with Gasteiger partial charge in [0.05, 0.1) is 29.9 Å². The number of amides is 1. The summed E-state index contributed by atoms with van der Waals surface area (Å²) < 4.78 is 6.99. The molecule has 1 fully saturated rings. The Morgan fingerprint density at radius 1 is 1.06 bits per heavy atom. The van der Waals surface area contributed by atoms with Gasteiger partial charge in [-0.15, -0.1) is 5.10 Å². The first kappa shape index (κ1) is 24.6. The average Bonchev–Trinajstić information content (AvgIpc) is 3.37. The van der Waals surface area contributed by atoms with Crippen molar-refractivity contribution in [3.05, 3.63) is 83.7 Å². The number of esters is 1. The van der Waals surface area contributed by atoms with Crippen molar-refractivity contribution in [1.82, 2.24) is 19.9 Å². The van der Waals surface area contributed by atoms with Crippen LogP contribution in [0.15, 0.2) is 66.9 Å². The normalized spacial score (nSPS) is 19.9. The fraction of sp³-hybridized carbons (Fsp3) is 0.407. The minimum absolute atomic E-state index is 0.0132. The van der Waals surface area contributed by atoms with E-state index < -0.39 is 12.1 Å². The highest BCUT2D eigenvalue weighted by Gasteiger charge is 2.39. The van der Waals surface area contributed by atoms with E-state index in [9.17, 15) is 14.7 Å². The van der Waals surface area contributed by atoms with Crippen molar-refractivity contribution in [3.63, 3.8) is 0 Å². The molecule has 1 N–H and O–H groups in total. The van der Waals surface area contributed by atoms with Crippen LogP contribution >= 0.6 is 0 Å². The molecular weight excluding hydrogens is 444 g/mol. The Kier molecular flexibility index (Phi) is 8.26. The standard InChI is InChI=1S/C27H32N4O4/c1-2-3-6-15-26(33)30-18-25(32)24(16-23(30)20-11-7-4-8-12-20)31-17-22(28-29-31)19-35-27(34)21-13-9-5-10-14-21/h4-5,7-14,17,23-25,32H,2-3,6,15-16,18-19H2,1H3/t23-,24+,25+/m0/s1. The van der Waals surface area contributed by atoms with E-state index in [1.54, 1.807) is 35.1 Å². The van der Waals surface area contributed by atoms with Crippen molar-refractivity contribution >= 4 is 11.9 Å². The number of likely N-dealkylation sites (tertiary alicyclic amines) is 1. The molecule has 2 heterocycles. The first-order valence-electron chi connectivity index (χ1n) is 12.2. The molecule has 3 atom stereocenters. The SMILES string of the molecule is CCCCCC(=O)N1C[C@@H](O)[C@H](n2cc(COC(=O)c3ccccc3)nn2)C[C@H]1c1ccccc1. The van der Waals surface area contributed by atoms with Gasteiger partial charge in [0.15, 0.2) is 0 Å². The summed E-state index contributed by atoms with van der Waals surface area (Å²) in [7, 11) is 0. The monoisotopic (exact) mass is 476 g/mol. The van der Waals surface area contributed by atoms with Gasteiger partial charge in [-0.2, -0.15) is 0 Å². The lowest BCUT2D eigenvalue weighted by atomic mass is 9.89. The lowest BCUT2D eigenvalue weighted by molar-refractivity contribution is -0.140. The van der Waals surface area contributed by atoms with Crippen molar-refractivity contribution in [2.75, 3.05) is 6.54 Å². The second-order valence-electron chi connectivity index (χ2n) is 8.93. The fourth-order valence-corrected chi connectivity index (χ4v) is 4.52. The minimum Gasteiger partial charge on any atom is -0.455 e. The second-order valence-corrected chi connectivity index (χ2v) is 8.93. The highest BCUT2D eigenvalue weighted by atomic mass is 16.5. The van der Waals surface area contributed by atoms with Crippen LogP contribution in [0.25, 0.3) is 0 Å². The molecule has 1 aromatic heterocycles. The smallest absolute Gasteiger partial charge is 0.338 e. The summed E-state index contributed by atoms with van der Waals surface area (Å²) in [5.41, 5.74) is 2.00. The molecule has 1 aliphatic rings. The summed E-state index contributed by atoms with van der Waals surface area (Å²) in [5.74, 6) is -0.365. The van der Waals surface area contributed by atoms with E-state index in [0.717, 1.165) is 24.8 Å². The van der Waals surface area contributed by atoms with Crippen LogP contribution in [0.3, 0.4) is 0 Å². The maximum atomic E-state index is 13.0. The third kappa shape index (κ3) is 6.14. The average molecular weight is 477 g/mol. The van der Waals surface area contributed by atoms with Gasteiger partial charge in [0.25, 0.3) is 0 Å². The molecule has 0 saturated carbocycles. The summed E-state index contributed by atoms with van der Waals surface area (Å²) in [5, 5.41) is 19.3. The second kappa shape index (κ2) is 11.8. The molecule has 8 heteroatoms. The van der Waals surface area contributed by atoms with Crippen molar-refractivity contribution in [3.8, 4) is 0 Å². The van der Waals surface area contributed by atoms with Gasteiger partial charge in [0, 0.05) is 13.0 Å². The number of aliphatic hydroxyl groups is 1. The third-order valence-corrected chi connectivity index (χ3v) is 6.43. The predicted octanol–water partition coefficient (Wildman–Crippen LogP) is 4.09. The lowest BCUT2D eigenvalue weighted by Gasteiger charge is -2.42. The molecule has 1 saturated heterocycles. The van der Waals surface area contributed by atoms with Crippen molar-refractivity contribution in [1.29, 1.82) is 0 Å². The van der Waals surface area contributed by atoms with Crippen LogP contribution in [-0.2, 0) is 16.1 Å². The lowest BCUT2D eigenvalue weighted by Crippen LogP contribution is -2.49. The number of hydrogen-bond acceptors (Lipinski definition) is 6. The van der Waals surface area contributed by atoms with Gasteiger partial charge >= 0.3 is 5.97 Å². The molecule has 0 bridgehead atoms. The number of unbranched alkanes of at least 4 members (excludes halogenated alkanes) is 2. The number of carbonyl (C=O) groups excluding carboxylic acids is 2. The van der Waals surface area contributed by atoms with Gasteiger partial charge in [-0.25, -0.2) is 9.48 Å². The summed E-state index contributed by atoms with van der Waals surface area (Å²) in [4.78, 5) is 27.1. The van der Waals surface area contributed by atoms with Crippen LogP contribution in [0.1, 0.15) is 72.7 Å². The first-order valence-corrected chi connectivity index (χ1v) is 12.2. The molecule has 4 rings (SSSR count). The van der Waals surface area contributed by atoms with Crippen LogP contribution in [0.4, 0.5) is 0 Å². The molecule has 8 nitrogen and oxygen atoms in total. The number of piperidine rings is 1. The van der Waals surface area contributed by atoms with Crippen LogP contribution in [0, 0.1) is 0 Å². The molecule has 0 spiro atoms. The third-order valence-electron chi connectivity index (χ3n) is 6.43. The van der Waals surface area contributed by atoms with Crippen molar-refractivity contribution in [2.45, 2.75) is 63.8 Å². The van der Waals surface area contributed by atoms with Crippen LogP contribution < -0.4 is 0 Å². The number of carbonyl (C=O) groups is 2. The Hall–Kier alpha value is -3.52. The molecule has 1 amide bonds. The largest absolute Gasteiger partial charge is 0.455 e. The summed E-state index contributed by atoms with van der Waals surface area (Å²) in [6.45, 7) is 2.33. The van der Waals surface area contributed by atoms with E-state index in [1.165, 1.54) is 0 Å². The summed E-state index contributed by atoms with van der Waals surface area (Å²) >= 11 is 0. The molecule has 35 heavy (non-hydrogen) atoms. The van der Waals surface area contributed by atoms with Gasteiger partial charge in [-0.1, -0.05) is 73.5 Å². The molecule has 0 aliphatic carbocycles. The number of aliphatic hydroxyl groups excluding tert-OH is 1. The molecular formula is C27H32N4O4.